The fourth-order valence-electron chi connectivity index (χ4n) is 2.56. The number of hydrogen-bond acceptors (Lipinski definition) is 2. The van der Waals surface area contributed by atoms with Crippen molar-refractivity contribution in [3.8, 4) is 0 Å². The van der Waals surface area contributed by atoms with E-state index in [2.05, 4.69) is 43.4 Å². The van der Waals surface area contributed by atoms with Gasteiger partial charge in [0, 0.05) is 12.6 Å². The predicted octanol–water partition coefficient (Wildman–Crippen LogP) is 3.44. The molecule has 1 aromatic carbocycles. The van der Waals surface area contributed by atoms with E-state index in [9.17, 15) is 0 Å². The van der Waals surface area contributed by atoms with E-state index in [-0.39, 0.29) is 0 Å². The molecule has 106 valence electrons. The Kier molecular flexibility index (Phi) is 5.41. The second-order valence-electron chi connectivity index (χ2n) is 6.11. The highest BCUT2D eigenvalue weighted by atomic mass is 16.3. The predicted molar refractivity (Wildman–Crippen MR) is 80.1 cm³/mol. The van der Waals surface area contributed by atoms with Crippen LogP contribution in [0.2, 0.25) is 0 Å². The normalized spacial score (nSPS) is 18.3. The molecule has 0 amide bonds. The van der Waals surface area contributed by atoms with Gasteiger partial charge in [-0.05, 0) is 56.6 Å². The molecule has 2 unspecified atom stereocenters. The molecule has 1 aliphatic rings. The van der Waals surface area contributed by atoms with Gasteiger partial charge in [-0.1, -0.05) is 36.8 Å². The molecule has 2 atom stereocenters. The van der Waals surface area contributed by atoms with Crippen molar-refractivity contribution in [1.82, 2.24) is 5.32 Å². The van der Waals surface area contributed by atoms with Gasteiger partial charge >= 0.3 is 0 Å². The molecule has 0 aromatic heterocycles. The van der Waals surface area contributed by atoms with Gasteiger partial charge in [0.2, 0.25) is 0 Å². The number of rotatable bonds is 8. The molecule has 0 bridgehead atoms. The lowest BCUT2D eigenvalue weighted by atomic mass is 10.0. The van der Waals surface area contributed by atoms with Crippen molar-refractivity contribution in [1.29, 1.82) is 0 Å². The number of aryl methyl sites for hydroxylation is 1. The first-order valence-electron chi connectivity index (χ1n) is 7.61. The Labute approximate surface area is 117 Å². The summed E-state index contributed by atoms with van der Waals surface area (Å²) in [5, 5.41) is 12.7. The zero-order valence-electron chi connectivity index (χ0n) is 12.2. The van der Waals surface area contributed by atoms with Gasteiger partial charge in [-0.2, -0.15) is 0 Å². The van der Waals surface area contributed by atoms with Crippen molar-refractivity contribution >= 4 is 0 Å². The summed E-state index contributed by atoms with van der Waals surface area (Å²) in [4.78, 5) is 0. The van der Waals surface area contributed by atoms with Crippen molar-refractivity contribution < 1.29 is 5.11 Å². The molecule has 1 saturated carbocycles. The number of benzene rings is 1. The molecule has 0 radical (unpaired) electrons. The number of nitrogens with one attached hydrogen (secondary N) is 1. The lowest BCUT2D eigenvalue weighted by Gasteiger charge is -2.19. The van der Waals surface area contributed by atoms with Crippen LogP contribution in [0.25, 0.3) is 0 Å². The average molecular weight is 261 g/mol. The maximum atomic E-state index is 9.03. The minimum atomic E-state index is 0.310. The molecule has 2 nitrogen and oxygen atoms in total. The summed E-state index contributed by atoms with van der Waals surface area (Å²) < 4.78 is 0. The largest absolute Gasteiger partial charge is 0.396 e. The maximum absolute atomic E-state index is 9.03. The molecule has 2 rings (SSSR count). The molecule has 0 heterocycles. The van der Waals surface area contributed by atoms with E-state index in [4.69, 9.17) is 5.11 Å². The standard InChI is InChI=1S/C17H27NO/c1-13-5-7-15(8-6-13)17(16-9-10-16)18-11-3-4-14(2)12-19/h5-8,14,16-19H,3-4,9-12H2,1-2H3. The van der Waals surface area contributed by atoms with Crippen molar-refractivity contribution in [3.63, 3.8) is 0 Å². The highest BCUT2D eigenvalue weighted by Crippen LogP contribution is 2.41. The fourth-order valence-corrected chi connectivity index (χ4v) is 2.56. The van der Waals surface area contributed by atoms with Crippen LogP contribution in [0.4, 0.5) is 0 Å². The Bertz CT molecular complexity index is 369. The third kappa shape index (κ3) is 4.63. The first kappa shape index (κ1) is 14.5. The van der Waals surface area contributed by atoms with Gasteiger partial charge in [-0.15, -0.1) is 0 Å². The van der Waals surface area contributed by atoms with E-state index in [0.717, 1.165) is 25.3 Å². The van der Waals surface area contributed by atoms with Crippen LogP contribution in [0.1, 0.15) is 49.8 Å². The third-order valence-corrected chi connectivity index (χ3v) is 4.08. The second kappa shape index (κ2) is 7.06. The highest BCUT2D eigenvalue weighted by Gasteiger charge is 2.31. The van der Waals surface area contributed by atoms with Gasteiger partial charge in [0.15, 0.2) is 0 Å². The van der Waals surface area contributed by atoms with E-state index in [1.54, 1.807) is 0 Å². The van der Waals surface area contributed by atoms with E-state index in [1.807, 2.05) is 0 Å². The van der Waals surface area contributed by atoms with E-state index in [1.165, 1.54) is 24.0 Å². The van der Waals surface area contributed by atoms with E-state index >= 15 is 0 Å². The average Bonchev–Trinajstić information content (AvgIpc) is 3.24. The van der Waals surface area contributed by atoms with Crippen LogP contribution in [-0.4, -0.2) is 18.3 Å². The molecule has 1 aliphatic carbocycles. The summed E-state index contributed by atoms with van der Waals surface area (Å²) in [6.45, 7) is 5.61. The molecular formula is C17H27NO. The smallest absolute Gasteiger partial charge is 0.0456 e. The highest BCUT2D eigenvalue weighted by molar-refractivity contribution is 5.25. The monoisotopic (exact) mass is 261 g/mol. The zero-order valence-corrected chi connectivity index (χ0v) is 12.2. The Morgan fingerprint density at radius 1 is 1.26 bits per heavy atom. The third-order valence-electron chi connectivity index (χ3n) is 4.08. The lowest BCUT2D eigenvalue weighted by Crippen LogP contribution is -2.24. The Hall–Kier alpha value is -0.860. The summed E-state index contributed by atoms with van der Waals surface area (Å²) in [6.07, 6.45) is 4.97. The van der Waals surface area contributed by atoms with Gasteiger partial charge in [-0.25, -0.2) is 0 Å². The second-order valence-corrected chi connectivity index (χ2v) is 6.11. The zero-order chi connectivity index (χ0) is 13.7. The van der Waals surface area contributed by atoms with Crippen LogP contribution in [0.3, 0.4) is 0 Å². The summed E-state index contributed by atoms with van der Waals surface area (Å²) >= 11 is 0. The quantitative estimate of drug-likeness (QED) is 0.703. The minimum absolute atomic E-state index is 0.310. The molecule has 0 aliphatic heterocycles. The summed E-state index contributed by atoms with van der Waals surface area (Å²) in [6, 6.07) is 9.48. The molecule has 19 heavy (non-hydrogen) atoms. The molecule has 0 saturated heterocycles. The van der Waals surface area contributed by atoms with Crippen molar-refractivity contribution in [2.24, 2.45) is 11.8 Å². The molecule has 1 aromatic rings. The Morgan fingerprint density at radius 2 is 1.95 bits per heavy atom. The van der Waals surface area contributed by atoms with Gasteiger partial charge in [0.1, 0.15) is 0 Å². The minimum Gasteiger partial charge on any atom is -0.396 e. The van der Waals surface area contributed by atoms with Gasteiger partial charge in [-0.3, -0.25) is 0 Å². The van der Waals surface area contributed by atoms with Crippen LogP contribution >= 0.6 is 0 Å². The van der Waals surface area contributed by atoms with Gasteiger partial charge in [0.05, 0.1) is 0 Å². The first-order valence-corrected chi connectivity index (χ1v) is 7.61. The maximum Gasteiger partial charge on any atom is 0.0456 e. The van der Waals surface area contributed by atoms with Gasteiger partial charge in [0.25, 0.3) is 0 Å². The molecule has 1 fully saturated rings. The Morgan fingerprint density at radius 3 is 2.53 bits per heavy atom. The summed E-state index contributed by atoms with van der Waals surface area (Å²) in [5.74, 6) is 1.26. The topological polar surface area (TPSA) is 32.3 Å². The summed E-state index contributed by atoms with van der Waals surface area (Å²) in [7, 11) is 0. The molecular weight excluding hydrogens is 234 g/mol. The Balaban J connectivity index is 1.82. The van der Waals surface area contributed by atoms with Crippen LogP contribution in [-0.2, 0) is 0 Å². The number of aliphatic hydroxyl groups is 1. The summed E-state index contributed by atoms with van der Waals surface area (Å²) in [5.41, 5.74) is 2.76. The fraction of sp³-hybridized carbons (Fsp3) is 0.647. The molecule has 2 N–H and O–H groups in total. The lowest BCUT2D eigenvalue weighted by molar-refractivity contribution is 0.227. The van der Waals surface area contributed by atoms with Crippen molar-refractivity contribution in [2.75, 3.05) is 13.2 Å². The molecule has 0 spiro atoms. The number of aliphatic hydroxyl groups excluding tert-OH is 1. The van der Waals surface area contributed by atoms with E-state index in [0.29, 0.717) is 18.6 Å². The number of hydrogen-bond donors (Lipinski definition) is 2. The van der Waals surface area contributed by atoms with Crippen LogP contribution in [0, 0.1) is 18.8 Å². The first-order chi connectivity index (χ1) is 9.20. The van der Waals surface area contributed by atoms with E-state index < -0.39 is 0 Å². The SMILES string of the molecule is Cc1ccc(C(NCCCC(C)CO)C2CC2)cc1. The van der Waals surface area contributed by atoms with Gasteiger partial charge < -0.3 is 10.4 Å². The van der Waals surface area contributed by atoms with Crippen molar-refractivity contribution in [3.05, 3.63) is 35.4 Å². The van der Waals surface area contributed by atoms with Crippen LogP contribution < -0.4 is 5.32 Å². The molecule has 2 heteroatoms. The van der Waals surface area contributed by atoms with Crippen molar-refractivity contribution in [2.45, 2.75) is 45.6 Å². The van der Waals surface area contributed by atoms with Crippen LogP contribution in [0.15, 0.2) is 24.3 Å². The van der Waals surface area contributed by atoms with Crippen LogP contribution in [0.5, 0.6) is 0 Å².